The Bertz CT molecular complexity index is 444. The minimum atomic E-state index is -4.43. The lowest BCUT2D eigenvalue weighted by molar-refractivity contribution is -0.138. The lowest BCUT2D eigenvalue weighted by atomic mass is 10.0. The van der Waals surface area contributed by atoms with Crippen LogP contribution in [0.2, 0.25) is 0 Å². The number of hydrogen-bond donors (Lipinski definition) is 2. The third-order valence-corrected chi connectivity index (χ3v) is 2.80. The number of halogens is 3. The van der Waals surface area contributed by atoms with Crippen molar-refractivity contribution >= 4 is 5.91 Å². The van der Waals surface area contributed by atoms with Gasteiger partial charge < -0.3 is 11.1 Å². The van der Waals surface area contributed by atoms with Crippen LogP contribution in [0.3, 0.4) is 0 Å². The van der Waals surface area contributed by atoms with E-state index >= 15 is 0 Å². The van der Waals surface area contributed by atoms with E-state index in [1.54, 1.807) is 13.8 Å². The van der Waals surface area contributed by atoms with Crippen LogP contribution in [-0.4, -0.2) is 11.9 Å². The number of benzene rings is 1. The van der Waals surface area contributed by atoms with Crippen molar-refractivity contribution < 1.29 is 18.0 Å². The first-order chi connectivity index (χ1) is 8.73. The Morgan fingerprint density at radius 3 is 2.42 bits per heavy atom. The standard InChI is InChI=1S/C13H17F3N2O/c1-8(2)11(17)12(19)18-7-9-5-3-4-6-10(9)13(14,15)16/h3-6,8,11H,7,17H2,1-2H3,(H,18,19). The third-order valence-electron chi connectivity index (χ3n) is 2.80. The molecular weight excluding hydrogens is 257 g/mol. The molecule has 0 saturated carbocycles. The number of amides is 1. The van der Waals surface area contributed by atoms with Crippen molar-refractivity contribution in [3.8, 4) is 0 Å². The SMILES string of the molecule is CC(C)C(N)C(=O)NCc1ccccc1C(F)(F)F. The zero-order valence-corrected chi connectivity index (χ0v) is 10.8. The highest BCUT2D eigenvalue weighted by Crippen LogP contribution is 2.31. The maximum absolute atomic E-state index is 12.7. The van der Waals surface area contributed by atoms with E-state index in [1.807, 2.05) is 0 Å². The van der Waals surface area contributed by atoms with Crippen molar-refractivity contribution in [2.45, 2.75) is 32.6 Å². The van der Waals surface area contributed by atoms with Gasteiger partial charge in [-0.1, -0.05) is 32.0 Å². The molecule has 0 bridgehead atoms. The molecular formula is C13H17F3N2O. The molecule has 1 rings (SSSR count). The van der Waals surface area contributed by atoms with Crippen molar-refractivity contribution in [3.05, 3.63) is 35.4 Å². The highest BCUT2D eigenvalue weighted by molar-refractivity contribution is 5.81. The second kappa shape index (κ2) is 6.06. The van der Waals surface area contributed by atoms with E-state index in [1.165, 1.54) is 18.2 Å². The maximum atomic E-state index is 12.7. The van der Waals surface area contributed by atoms with E-state index in [2.05, 4.69) is 5.32 Å². The number of nitrogens with two attached hydrogens (primary N) is 1. The minimum absolute atomic E-state index is 0.0271. The zero-order valence-electron chi connectivity index (χ0n) is 10.8. The molecule has 3 nitrogen and oxygen atoms in total. The molecule has 0 aliphatic rings. The molecule has 1 aromatic carbocycles. The molecule has 106 valence electrons. The number of nitrogens with one attached hydrogen (secondary N) is 1. The molecule has 0 radical (unpaired) electrons. The van der Waals surface area contributed by atoms with Crippen molar-refractivity contribution in [2.24, 2.45) is 11.7 Å². The first-order valence-corrected chi connectivity index (χ1v) is 5.92. The second-order valence-corrected chi connectivity index (χ2v) is 4.64. The van der Waals surface area contributed by atoms with Crippen LogP contribution in [-0.2, 0) is 17.5 Å². The molecule has 3 N–H and O–H groups in total. The Morgan fingerprint density at radius 1 is 1.32 bits per heavy atom. The lowest BCUT2D eigenvalue weighted by Gasteiger charge is -2.17. The van der Waals surface area contributed by atoms with Gasteiger partial charge in [-0.2, -0.15) is 13.2 Å². The fourth-order valence-corrected chi connectivity index (χ4v) is 1.55. The normalized spacial score (nSPS) is 13.4. The lowest BCUT2D eigenvalue weighted by Crippen LogP contribution is -2.43. The molecule has 1 unspecified atom stereocenters. The predicted octanol–water partition coefficient (Wildman–Crippen LogP) is 2.30. The van der Waals surface area contributed by atoms with Gasteiger partial charge in [0.25, 0.3) is 0 Å². The van der Waals surface area contributed by atoms with Gasteiger partial charge in [-0.25, -0.2) is 0 Å². The Morgan fingerprint density at radius 2 is 1.89 bits per heavy atom. The molecule has 1 aromatic rings. The first kappa shape index (κ1) is 15.5. The van der Waals surface area contributed by atoms with E-state index in [0.717, 1.165) is 6.07 Å². The van der Waals surface area contributed by atoms with Crippen LogP contribution in [0, 0.1) is 5.92 Å². The minimum Gasteiger partial charge on any atom is -0.351 e. The molecule has 0 spiro atoms. The molecule has 6 heteroatoms. The van der Waals surface area contributed by atoms with Crippen molar-refractivity contribution in [3.63, 3.8) is 0 Å². The maximum Gasteiger partial charge on any atom is 0.416 e. The Balaban J connectivity index is 2.77. The molecule has 0 fully saturated rings. The van der Waals surface area contributed by atoms with Gasteiger partial charge in [-0.05, 0) is 17.5 Å². The van der Waals surface area contributed by atoms with Crippen LogP contribution in [0.1, 0.15) is 25.0 Å². The highest BCUT2D eigenvalue weighted by Gasteiger charge is 2.32. The summed E-state index contributed by atoms with van der Waals surface area (Å²) in [4.78, 5) is 11.6. The summed E-state index contributed by atoms with van der Waals surface area (Å²) in [7, 11) is 0. The number of carbonyl (C=O) groups is 1. The van der Waals surface area contributed by atoms with Gasteiger partial charge in [0.15, 0.2) is 0 Å². The van der Waals surface area contributed by atoms with Crippen LogP contribution >= 0.6 is 0 Å². The molecule has 0 saturated heterocycles. The predicted molar refractivity (Wildman–Crippen MR) is 66.1 cm³/mol. The molecule has 0 aliphatic heterocycles. The molecule has 0 heterocycles. The number of hydrogen-bond acceptors (Lipinski definition) is 2. The summed E-state index contributed by atoms with van der Waals surface area (Å²) in [5, 5.41) is 2.43. The number of rotatable bonds is 4. The largest absolute Gasteiger partial charge is 0.416 e. The van der Waals surface area contributed by atoms with Crippen molar-refractivity contribution in [2.75, 3.05) is 0 Å². The topological polar surface area (TPSA) is 55.1 Å². The van der Waals surface area contributed by atoms with E-state index in [4.69, 9.17) is 5.73 Å². The second-order valence-electron chi connectivity index (χ2n) is 4.64. The average Bonchev–Trinajstić information content (AvgIpc) is 2.34. The smallest absolute Gasteiger partial charge is 0.351 e. The Kier molecular flexibility index (Phi) is 4.94. The van der Waals surface area contributed by atoms with Crippen molar-refractivity contribution in [1.82, 2.24) is 5.32 Å². The molecule has 19 heavy (non-hydrogen) atoms. The van der Waals surface area contributed by atoms with Gasteiger partial charge in [0.1, 0.15) is 0 Å². The van der Waals surface area contributed by atoms with E-state index in [9.17, 15) is 18.0 Å². The van der Waals surface area contributed by atoms with E-state index in [0.29, 0.717) is 0 Å². The highest BCUT2D eigenvalue weighted by atomic mass is 19.4. The molecule has 0 aromatic heterocycles. The van der Waals surface area contributed by atoms with Gasteiger partial charge in [0.2, 0.25) is 5.91 Å². The van der Waals surface area contributed by atoms with Crippen LogP contribution in [0.5, 0.6) is 0 Å². The fourth-order valence-electron chi connectivity index (χ4n) is 1.55. The number of carbonyl (C=O) groups excluding carboxylic acids is 1. The van der Waals surface area contributed by atoms with Crippen LogP contribution in [0.4, 0.5) is 13.2 Å². The summed E-state index contributed by atoms with van der Waals surface area (Å²) in [6, 6.07) is 4.42. The molecule has 1 atom stereocenters. The summed E-state index contributed by atoms with van der Waals surface area (Å²) in [5.41, 5.74) is 4.90. The van der Waals surface area contributed by atoms with Crippen molar-refractivity contribution in [1.29, 1.82) is 0 Å². The van der Waals surface area contributed by atoms with E-state index < -0.39 is 23.7 Å². The first-order valence-electron chi connectivity index (χ1n) is 5.92. The van der Waals surface area contributed by atoms with Crippen LogP contribution in [0.15, 0.2) is 24.3 Å². The monoisotopic (exact) mass is 274 g/mol. The van der Waals surface area contributed by atoms with Crippen LogP contribution < -0.4 is 11.1 Å². The number of alkyl halides is 3. The van der Waals surface area contributed by atoms with Gasteiger partial charge in [-0.15, -0.1) is 0 Å². The summed E-state index contributed by atoms with van der Waals surface area (Å²) >= 11 is 0. The Labute approximate surface area is 110 Å². The Hall–Kier alpha value is -1.56. The summed E-state index contributed by atoms with van der Waals surface area (Å²) in [5.74, 6) is -0.523. The average molecular weight is 274 g/mol. The van der Waals surface area contributed by atoms with Gasteiger partial charge in [0, 0.05) is 6.54 Å². The van der Waals surface area contributed by atoms with Gasteiger partial charge >= 0.3 is 6.18 Å². The summed E-state index contributed by atoms with van der Waals surface area (Å²) in [6.07, 6.45) is -4.43. The van der Waals surface area contributed by atoms with Gasteiger partial charge in [0.05, 0.1) is 11.6 Å². The molecule has 1 amide bonds. The quantitative estimate of drug-likeness (QED) is 0.885. The van der Waals surface area contributed by atoms with Gasteiger partial charge in [-0.3, -0.25) is 4.79 Å². The summed E-state index contributed by atoms with van der Waals surface area (Å²) in [6.45, 7) is 3.36. The fraction of sp³-hybridized carbons (Fsp3) is 0.462. The zero-order chi connectivity index (χ0) is 14.6. The molecule has 0 aliphatic carbocycles. The third kappa shape index (κ3) is 4.24. The van der Waals surface area contributed by atoms with Crippen LogP contribution in [0.25, 0.3) is 0 Å². The summed E-state index contributed by atoms with van der Waals surface area (Å²) < 4.78 is 38.2. The van der Waals surface area contributed by atoms with E-state index in [-0.39, 0.29) is 18.0 Å².